The summed E-state index contributed by atoms with van der Waals surface area (Å²) in [6, 6.07) is 1.83. The third kappa shape index (κ3) is 2.45. The van der Waals surface area contributed by atoms with Crippen molar-refractivity contribution in [2.45, 2.75) is 25.5 Å². The van der Waals surface area contributed by atoms with Gasteiger partial charge in [0.2, 0.25) is 0 Å². The molecule has 0 unspecified atom stereocenters. The molecule has 13 heavy (non-hydrogen) atoms. The van der Waals surface area contributed by atoms with Crippen LogP contribution >= 0.6 is 11.6 Å². The zero-order chi connectivity index (χ0) is 10.9. The highest BCUT2D eigenvalue weighted by atomic mass is 35.5. The van der Waals surface area contributed by atoms with Crippen molar-refractivity contribution >= 4 is 21.4 Å². The minimum Gasteiger partial charge on any atom is -0.228 e. The van der Waals surface area contributed by atoms with Gasteiger partial charge in [-0.2, -0.15) is 5.26 Å². The fraction of sp³-hybridized carbons (Fsp3) is 0.625. The Morgan fingerprint density at radius 1 is 1.46 bits per heavy atom. The Labute approximate surface area is 83.9 Å². The third-order valence-electron chi connectivity index (χ3n) is 1.95. The van der Waals surface area contributed by atoms with Gasteiger partial charge in [0.1, 0.15) is 4.75 Å². The molecule has 3 nitrogen and oxygen atoms in total. The number of allylic oxidation sites excluding steroid dienone is 1. The van der Waals surface area contributed by atoms with Crippen molar-refractivity contribution in [2.75, 3.05) is 6.26 Å². The van der Waals surface area contributed by atoms with E-state index in [1.165, 1.54) is 20.8 Å². The second kappa shape index (κ2) is 3.69. The molecule has 0 heterocycles. The third-order valence-corrected chi connectivity index (χ3v) is 4.88. The monoisotopic (exact) mass is 221 g/mol. The molecule has 0 bridgehead atoms. The van der Waals surface area contributed by atoms with Crippen LogP contribution in [0.2, 0.25) is 0 Å². The van der Waals surface area contributed by atoms with Crippen molar-refractivity contribution in [1.29, 1.82) is 5.26 Å². The van der Waals surface area contributed by atoms with Gasteiger partial charge in [0.15, 0.2) is 9.84 Å². The summed E-state index contributed by atoms with van der Waals surface area (Å²) in [5.41, 5.74) is 0.233. The minimum atomic E-state index is -3.30. The predicted octanol–water partition coefficient (Wildman–Crippen LogP) is 1.85. The van der Waals surface area contributed by atoms with Crippen molar-refractivity contribution in [2.24, 2.45) is 0 Å². The SMILES string of the molecule is CC(C#N)=C(Cl)C(C)(C)S(C)(=O)=O. The van der Waals surface area contributed by atoms with Gasteiger partial charge >= 0.3 is 0 Å². The van der Waals surface area contributed by atoms with E-state index in [9.17, 15) is 8.42 Å². The Kier molecular flexibility index (Phi) is 3.54. The molecule has 0 saturated heterocycles. The molecule has 0 saturated carbocycles. The molecule has 0 aromatic heterocycles. The fourth-order valence-electron chi connectivity index (χ4n) is 0.663. The molecule has 0 N–H and O–H groups in total. The Bertz CT molecular complexity index is 373. The zero-order valence-electron chi connectivity index (χ0n) is 8.05. The average molecular weight is 222 g/mol. The lowest BCUT2D eigenvalue weighted by molar-refractivity contribution is 0.576. The van der Waals surface area contributed by atoms with E-state index in [0.717, 1.165) is 6.26 Å². The lowest BCUT2D eigenvalue weighted by Crippen LogP contribution is -2.31. The minimum absolute atomic E-state index is 0.0810. The molecule has 0 spiro atoms. The van der Waals surface area contributed by atoms with Gasteiger partial charge in [0.05, 0.1) is 11.1 Å². The average Bonchev–Trinajstić information content (AvgIpc) is 1.99. The van der Waals surface area contributed by atoms with Crippen molar-refractivity contribution in [3.8, 4) is 6.07 Å². The van der Waals surface area contributed by atoms with Crippen LogP contribution in [0.15, 0.2) is 10.6 Å². The Morgan fingerprint density at radius 2 is 1.85 bits per heavy atom. The van der Waals surface area contributed by atoms with E-state index in [1.54, 1.807) is 0 Å². The summed E-state index contributed by atoms with van der Waals surface area (Å²) in [4.78, 5) is 0. The molecule has 0 aliphatic heterocycles. The normalized spacial score (nSPS) is 14.8. The highest BCUT2D eigenvalue weighted by Crippen LogP contribution is 2.30. The van der Waals surface area contributed by atoms with Crippen LogP contribution in [0.3, 0.4) is 0 Å². The van der Waals surface area contributed by atoms with Gasteiger partial charge < -0.3 is 0 Å². The van der Waals surface area contributed by atoms with Gasteiger partial charge in [0.25, 0.3) is 0 Å². The number of nitrogens with zero attached hydrogens (tertiary/aromatic N) is 1. The largest absolute Gasteiger partial charge is 0.228 e. The summed E-state index contributed by atoms with van der Waals surface area (Å²) >= 11 is 5.79. The maximum atomic E-state index is 11.3. The van der Waals surface area contributed by atoms with Crippen molar-refractivity contribution in [3.63, 3.8) is 0 Å². The van der Waals surface area contributed by atoms with Crippen LogP contribution in [0.25, 0.3) is 0 Å². The van der Waals surface area contributed by atoms with Crippen LogP contribution < -0.4 is 0 Å². The summed E-state index contributed by atoms with van der Waals surface area (Å²) in [5, 5.41) is 8.63. The second-order valence-corrected chi connectivity index (χ2v) is 6.28. The van der Waals surface area contributed by atoms with Crippen LogP contribution in [0.5, 0.6) is 0 Å². The Balaban J connectivity index is 5.49. The summed E-state index contributed by atoms with van der Waals surface area (Å²) in [6.45, 7) is 4.45. The van der Waals surface area contributed by atoms with E-state index in [0.29, 0.717) is 0 Å². The highest BCUT2D eigenvalue weighted by Gasteiger charge is 2.34. The smallest absolute Gasteiger partial charge is 0.157 e. The molecule has 0 aromatic carbocycles. The van der Waals surface area contributed by atoms with Crippen LogP contribution in [0.1, 0.15) is 20.8 Å². The summed E-state index contributed by atoms with van der Waals surface area (Å²) in [6.07, 6.45) is 1.10. The van der Waals surface area contributed by atoms with Gasteiger partial charge in [-0.05, 0) is 20.8 Å². The van der Waals surface area contributed by atoms with Gasteiger partial charge in [0, 0.05) is 11.8 Å². The van der Waals surface area contributed by atoms with Crippen LogP contribution in [-0.4, -0.2) is 19.4 Å². The topological polar surface area (TPSA) is 57.9 Å². The van der Waals surface area contributed by atoms with Gasteiger partial charge in [-0.25, -0.2) is 8.42 Å². The van der Waals surface area contributed by atoms with Crippen LogP contribution in [0, 0.1) is 11.3 Å². The van der Waals surface area contributed by atoms with Gasteiger partial charge in [-0.1, -0.05) is 11.6 Å². The summed E-state index contributed by atoms with van der Waals surface area (Å²) in [5.74, 6) is 0. The van der Waals surface area contributed by atoms with E-state index < -0.39 is 14.6 Å². The first-order chi connectivity index (χ1) is 5.64. The zero-order valence-corrected chi connectivity index (χ0v) is 9.62. The number of hydrogen-bond donors (Lipinski definition) is 0. The van der Waals surface area contributed by atoms with Crippen molar-refractivity contribution in [1.82, 2.24) is 0 Å². The van der Waals surface area contributed by atoms with Crippen molar-refractivity contribution < 1.29 is 8.42 Å². The first-order valence-electron chi connectivity index (χ1n) is 3.61. The summed E-state index contributed by atoms with van der Waals surface area (Å²) < 4.78 is 21.4. The maximum Gasteiger partial charge on any atom is 0.157 e. The number of hydrogen-bond acceptors (Lipinski definition) is 3. The molecular weight excluding hydrogens is 210 g/mol. The van der Waals surface area contributed by atoms with E-state index in [2.05, 4.69) is 0 Å². The standard InChI is InChI=1S/C8H12ClNO2S/c1-6(5-10)7(9)8(2,3)13(4,11)12/h1-4H3. The maximum absolute atomic E-state index is 11.3. The van der Waals surface area contributed by atoms with Crippen LogP contribution in [0.4, 0.5) is 0 Å². The molecule has 0 aliphatic carbocycles. The molecule has 0 amide bonds. The van der Waals surface area contributed by atoms with Gasteiger partial charge in [-0.3, -0.25) is 0 Å². The first-order valence-corrected chi connectivity index (χ1v) is 5.88. The van der Waals surface area contributed by atoms with Gasteiger partial charge in [-0.15, -0.1) is 0 Å². The molecule has 0 aliphatic rings. The highest BCUT2D eigenvalue weighted by molar-refractivity contribution is 7.92. The number of nitriles is 1. The molecule has 5 heteroatoms. The lowest BCUT2D eigenvalue weighted by Gasteiger charge is -2.22. The van der Waals surface area contributed by atoms with E-state index >= 15 is 0 Å². The molecule has 74 valence electrons. The van der Waals surface area contributed by atoms with E-state index in [1.807, 2.05) is 6.07 Å². The van der Waals surface area contributed by atoms with E-state index in [-0.39, 0.29) is 10.6 Å². The number of sulfone groups is 1. The van der Waals surface area contributed by atoms with Crippen LogP contribution in [-0.2, 0) is 9.84 Å². The molecule has 0 aromatic rings. The van der Waals surface area contributed by atoms with Crippen molar-refractivity contribution in [3.05, 3.63) is 10.6 Å². The predicted molar refractivity (Wildman–Crippen MR) is 53.1 cm³/mol. The first kappa shape index (κ1) is 12.5. The quantitative estimate of drug-likeness (QED) is 0.669. The second-order valence-electron chi connectivity index (χ2n) is 3.33. The number of halogens is 1. The molecular formula is C8H12ClNO2S. The Hall–Kier alpha value is -0.530. The number of rotatable bonds is 2. The molecule has 0 fully saturated rings. The lowest BCUT2D eigenvalue weighted by atomic mass is 10.1. The molecule has 0 rings (SSSR count). The summed E-state index contributed by atoms with van der Waals surface area (Å²) in [7, 11) is -3.30. The molecule has 0 radical (unpaired) electrons. The Morgan fingerprint density at radius 3 is 2.08 bits per heavy atom. The fourth-order valence-corrected chi connectivity index (χ4v) is 1.60. The molecule has 0 atom stereocenters. The van der Waals surface area contributed by atoms with E-state index in [4.69, 9.17) is 16.9 Å².